The van der Waals surface area contributed by atoms with E-state index in [1.54, 1.807) is 0 Å². The molecule has 0 unspecified atom stereocenters. The number of rotatable bonds is 0. The van der Waals surface area contributed by atoms with Gasteiger partial charge in [0.1, 0.15) is 0 Å². The van der Waals surface area contributed by atoms with Crippen LogP contribution in [-0.2, 0) is 3.02 Å². The van der Waals surface area contributed by atoms with Gasteiger partial charge in [-0.1, -0.05) is 0 Å². The normalized spacial score (nSPS) is 9.83. The summed E-state index contributed by atoms with van der Waals surface area (Å²) in [4.78, 5) is 0. The molecule has 0 spiro atoms. The van der Waals surface area contributed by atoms with Gasteiger partial charge in [-0.05, 0) is 0 Å². The minimum atomic E-state index is -6.10. The fourth-order valence-corrected chi connectivity index (χ4v) is 0. The maximum absolute atomic E-state index is 8.64. The summed E-state index contributed by atoms with van der Waals surface area (Å²) in [6.45, 7) is 0. The van der Waals surface area contributed by atoms with Gasteiger partial charge in [0, 0.05) is 0 Å². The summed E-state index contributed by atoms with van der Waals surface area (Å²) in [7, 11) is 0. The first kappa shape index (κ1) is 10.4. The van der Waals surface area contributed by atoms with E-state index in [4.69, 9.17) is 13.2 Å². The van der Waals surface area contributed by atoms with Crippen molar-refractivity contribution < 1.29 is 13.2 Å². The summed E-state index contributed by atoms with van der Waals surface area (Å²) < 4.78 is 34.6. The van der Waals surface area contributed by atoms with Crippen molar-refractivity contribution in [1.82, 2.24) is 0 Å². The Labute approximate surface area is 59.0 Å². The average molecular weight is 395 g/mol. The van der Waals surface area contributed by atoms with E-state index in [9.17, 15) is 0 Å². The van der Waals surface area contributed by atoms with Crippen molar-refractivity contribution in [1.29, 1.82) is 0 Å². The SMILES string of the molecule is [Bi+3].[O]=[Sb]([O-])([O-])[O-]. The Kier molecular flexibility index (Phi) is 5.87. The fourth-order valence-electron chi connectivity index (χ4n) is 0. The first-order valence-corrected chi connectivity index (χ1v) is 4.90. The van der Waals surface area contributed by atoms with Gasteiger partial charge < -0.3 is 0 Å². The van der Waals surface area contributed by atoms with Crippen LogP contribution in [0, 0.1) is 0 Å². The molecule has 0 aliphatic rings. The molecule has 0 aliphatic heterocycles. The van der Waals surface area contributed by atoms with Crippen molar-refractivity contribution in [2.75, 3.05) is 0 Å². The van der Waals surface area contributed by atoms with Crippen molar-refractivity contribution in [3.8, 4) is 0 Å². The van der Waals surface area contributed by atoms with Gasteiger partial charge in [0.25, 0.3) is 0 Å². The molecule has 0 aromatic rings. The van der Waals surface area contributed by atoms with Crippen LogP contribution >= 0.6 is 0 Å². The molecular formula is BiO4Sb. The molecule has 0 rings (SSSR count). The van der Waals surface area contributed by atoms with E-state index in [2.05, 4.69) is 0 Å². The van der Waals surface area contributed by atoms with E-state index in [0.717, 1.165) is 0 Å². The fraction of sp³-hybridized carbons (Fsp3) is 0. The topological polar surface area (TPSA) is 86.2 Å². The zero-order chi connectivity index (χ0) is 4.50. The molecule has 0 bridgehead atoms. The summed E-state index contributed by atoms with van der Waals surface area (Å²) >= 11 is -6.10. The van der Waals surface area contributed by atoms with E-state index < -0.39 is 20.1 Å². The van der Waals surface area contributed by atoms with Crippen molar-refractivity contribution in [3.63, 3.8) is 0 Å². The Hall–Kier alpha value is 1.38. The predicted molar refractivity (Wildman–Crippen MR) is 12.2 cm³/mol. The molecule has 0 heterocycles. The molecule has 0 aromatic heterocycles. The number of hydrogen-bond acceptors (Lipinski definition) is 4. The summed E-state index contributed by atoms with van der Waals surface area (Å²) in [5, 5.41) is 0. The molecule has 34 valence electrons. The second-order valence-electron chi connectivity index (χ2n) is 0.447. The average Bonchev–Trinajstić information content (AvgIpc) is 0.722. The summed E-state index contributed by atoms with van der Waals surface area (Å²) in [6, 6.07) is 0. The molecular weight excluding hydrogens is 395 g/mol. The van der Waals surface area contributed by atoms with Gasteiger partial charge in [-0.25, -0.2) is 0 Å². The van der Waals surface area contributed by atoms with Gasteiger partial charge in [0.15, 0.2) is 0 Å². The first-order valence-electron chi connectivity index (χ1n) is 0.730. The molecule has 4 nitrogen and oxygen atoms in total. The Morgan fingerprint density at radius 2 is 1.17 bits per heavy atom. The second-order valence-corrected chi connectivity index (χ2v) is 3.00. The third-order valence-electron chi connectivity index (χ3n) is 0. The molecule has 0 fully saturated rings. The van der Waals surface area contributed by atoms with E-state index in [1.807, 2.05) is 0 Å². The van der Waals surface area contributed by atoms with Gasteiger partial charge in [-0.15, -0.1) is 0 Å². The van der Waals surface area contributed by atoms with E-state index in [1.165, 1.54) is 0 Å². The molecule has 6 heavy (non-hydrogen) atoms. The number of hydrogen-bond donors (Lipinski definition) is 0. The molecule has 0 aromatic carbocycles. The second kappa shape index (κ2) is 3.39. The zero-order valence-electron chi connectivity index (χ0n) is 2.53. The van der Waals surface area contributed by atoms with E-state index in [-0.39, 0.29) is 26.2 Å². The maximum atomic E-state index is 8.64. The molecule has 0 amide bonds. The van der Waals surface area contributed by atoms with Crippen molar-refractivity contribution in [2.45, 2.75) is 0 Å². The predicted octanol–water partition coefficient (Wildman–Crippen LogP) is -4.45. The van der Waals surface area contributed by atoms with E-state index in [0.29, 0.717) is 0 Å². The van der Waals surface area contributed by atoms with Gasteiger partial charge in [-0.2, -0.15) is 0 Å². The summed E-state index contributed by atoms with van der Waals surface area (Å²) in [6.07, 6.45) is 0. The molecule has 0 atom stereocenters. The van der Waals surface area contributed by atoms with E-state index >= 15 is 0 Å². The third-order valence-corrected chi connectivity index (χ3v) is 0. The minimum absolute atomic E-state index is 0. The quantitative estimate of drug-likeness (QED) is 0.388. The molecule has 0 saturated heterocycles. The Morgan fingerprint density at radius 3 is 1.17 bits per heavy atom. The van der Waals surface area contributed by atoms with Crippen molar-refractivity contribution in [3.05, 3.63) is 0 Å². The van der Waals surface area contributed by atoms with Crippen LogP contribution in [0.3, 0.4) is 0 Å². The van der Waals surface area contributed by atoms with Crippen LogP contribution in [-0.4, -0.2) is 46.3 Å². The first-order chi connectivity index (χ1) is 2.00. The Bertz CT molecular complexity index is 53.7. The van der Waals surface area contributed by atoms with Gasteiger partial charge in [0.2, 0.25) is 0 Å². The van der Waals surface area contributed by atoms with Crippen LogP contribution in [0.4, 0.5) is 0 Å². The van der Waals surface area contributed by atoms with Crippen LogP contribution in [0.15, 0.2) is 0 Å². The third kappa shape index (κ3) is 54.1. The zero-order valence-corrected chi connectivity index (χ0v) is 8.56. The standard InChI is InChI=1S/Bi.4O.Sb/q+3;;3*-1;. The molecule has 0 saturated carbocycles. The van der Waals surface area contributed by atoms with Gasteiger partial charge >= 0.3 is 59.4 Å². The Morgan fingerprint density at radius 1 is 1.17 bits per heavy atom. The van der Waals surface area contributed by atoms with Crippen molar-refractivity contribution >= 4 is 46.3 Å². The molecule has 0 aliphatic carbocycles. The van der Waals surface area contributed by atoms with Crippen LogP contribution in [0.5, 0.6) is 0 Å². The molecule has 6 heteroatoms. The van der Waals surface area contributed by atoms with Crippen LogP contribution in [0.25, 0.3) is 0 Å². The van der Waals surface area contributed by atoms with Gasteiger partial charge in [0.05, 0.1) is 0 Å². The van der Waals surface area contributed by atoms with Crippen molar-refractivity contribution in [2.24, 2.45) is 0 Å². The van der Waals surface area contributed by atoms with Gasteiger partial charge in [-0.3, -0.25) is 0 Å². The van der Waals surface area contributed by atoms with Crippen LogP contribution < -0.4 is 10.2 Å². The Balaban J connectivity index is 0. The summed E-state index contributed by atoms with van der Waals surface area (Å²) in [5.74, 6) is 0. The monoisotopic (exact) mass is 394 g/mol. The molecule has 2 radical (unpaired) electrons. The van der Waals surface area contributed by atoms with Crippen LogP contribution in [0.2, 0.25) is 0 Å². The molecule has 0 N–H and O–H groups in total. The van der Waals surface area contributed by atoms with Crippen LogP contribution in [0.1, 0.15) is 0 Å². The summed E-state index contributed by atoms with van der Waals surface area (Å²) in [5.41, 5.74) is 0.